The summed E-state index contributed by atoms with van der Waals surface area (Å²) in [4.78, 5) is 4.41. The molecule has 4 rings (SSSR count). The standard InChI is InChI=1S/C24H18FNO3S/c1-17-7-13-22(14-8-17)30(27,28)29-24-16-20(18-5-3-2-4-6-18)15-23(26-24)19-9-11-21(25)12-10-19/h2-16H,1H3. The van der Waals surface area contributed by atoms with Crippen molar-refractivity contribution < 1.29 is 17.0 Å². The van der Waals surface area contributed by atoms with Crippen LogP contribution in [0.2, 0.25) is 0 Å². The van der Waals surface area contributed by atoms with E-state index in [0.717, 1.165) is 16.7 Å². The summed E-state index contributed by atoms with van der Waals surface area (Å²) in [5, 5.41) is 0. The molecule has 0 N–H and O–H groups in total. The summed E-state index contributed by atoms with van der Waals surface area (Å²) in [6, 6.07) is 25.1. The second-order valence-electron chi connectivity index (χ2n) is 6.80. The van der Waals surface area contributed by atoms with Gasteiger partial charge in [0.1, 0.15) is 10.7 Å². The van der Waals surface area contributed by atoms with E-state index in [2.05, 4.69) is 4.98 Å². The summed E-state index contributed by atoms with van der Waals surface area (Å²) in [5.41, 5.74) is 3.67. The highest BCUT2D eigenvalue weighted by atomic mass is 32.2. The zero-order chi connectivity index (χ0) is 21.1. The van der Waals surface area contributed by atoms with Crippen molar-refractivity contribution in [2.24, 2.45) is 0 Å². The molecule has 1 aromatic heterocycles. The fourth-order valence-corrected chi connectivity index (χ4v) is 3.86. The lowest BCUT2D eigenvalue weighted by Crippen LogP contribution is -2.11. The summed E-state index contributed by atoms with van der Waals surface area (Å²) in [5.74, 6) is -0.423. The number of aryl methyl sites for hydroxylation is 1. The van der Waals surface area contributed by atoms with Gasteiger partial charge in [0.25, 0.3) is 0 Å². The summed E-state index contributed by atoms with van der Waals surface area (Å²) in [6.07, 6.45) is 0. The maximum atomic E-state index is 13.3. The van der Waals surface area contributed by atoms with Gasteiger partial charge in [-0.2, -0.15) is 8.42 Å². The molecule has 3 aromatic carbocycles. The lowest BCUT2D eigenvalue weighted by molar-refractivity contribution is 0.476. The Kier molecular flexibility index (Phi) is 5.33. The van der Waals surface area contributed by atoms with Gasteiger partial charge in [-0.15, -0.1) is 0 Å². The van der Waals surface area contributed by atoms with E-state index in [1.165, 1.54) is 24.3 Å². The van der Waals surface area contributed by atoms with Crippen LogP contribution in [0.4, 0.5) is 4.39 Å². The predicted octanol–water partition coefficient (Wildman–Crippen LogP) is 5.63. The molecule has 30 heavy (non-hydrogen) atoms. The van der Waals surface area contributed by atoms with Gasteiger partial charge in [0.15, 0.2) is 0 Å². The highest BCUT2D eigenvalue weighted by Crippen LogP contribution is 2.30. The Morgan fingerprint density at radius 3 is 2.10 bits per heavy atom. The fourth-order valence-electron chi connectivity index (χ4n) is 2.98. The molecule has 0 radical (unpaired) electrons. The summed E-state index contributed by atoms with van der Waals surface area (Å²) < 4.78 is 44.2. The first kappa shape index (κ1) is 19.8. The monoisotopic (exact) mass is 419 g/mol. The van der Waals surface area contributed by atoms with Crippen LogP contribution in [-0.2, 0) is 10.1 Å². The van der Waals surface area contributed by atoms with Crippen LogP contribution in [0.3, 0.4) is 0 Å². The first-order chi connectivity index (χ1) is 14.4. The van der Waals surface area contributed by atoms with E-state index in [1.54, 1.807) is 30.3 Å². The van der Waals surface area contributed by atoms with Gasteiger partial charge >= 0.3 is 10.1 Å². The number of hydrogen-bond donors (Lipinski definition) is 0. The van der Waals surface area contributed by atoms with Crippen LogP contribution >= 0.6 is 0 Å². The van der Waals surface area contributed by atoms with E-state index < -0.39 is 10.1 Å². The van der Waals surface area contributed by atoms with Crippen molar-refractivity contribution in [1.82, 2.24) is 4.98 Å². The third-order valence-electron chi connectivity index (χ3n) is 4.55. The molecule has 0 aliphatic heterocycles. The topological polar surface area (TPSA) is 56.3 Å². The predicted molar refractivity (Wildman–Crippen MR) is 114 cm³/mol. The van der Waals surface area contributed by atoms with Gasteiger partial charge in [-0.1, -0.05) is 48.0 Å². The molecule has 0 aliphatic carbocycles. The van der Waals surface area contributed by atoms with Gasteiger partial charge in [0.2, 0.25) is 5.88 Å². The van der Waals surface area contributed by atoms with Crippen molar-refractivity contribution in [3.8, 4) is 28.3 Å². The third kappa shape index (κ3) is 4.39. The van der Waals surface area contributed by atoms with Crippen molar-refractivity contribution >= 4 is 10.1 Å². The van der Waals surface area contributed by atoms with Crippen LogP contribution in [-0.4, -0.2) is 13.4 Å². The highest BCUT2D eigenvalue weighted by Gasteiger charge is 2.19. The Hall–Kier alpha value is -3.51. The lowest BCUT2D eigenvalue weighted by atomic mass is 10.0. The minimum Gasteiger partial charge on any atom is -0.358 e. The van der Waals surface area contributed by atoms with Crippen LogP contribution in [0.1, 0.15) is 5.56 Å². The van der Waals surface area contributed by atoms with Crippen molar-refractivity contribution in [3.05, 3.63) is 102 Å². The molecule has 0 unspecified atom stereocenters. The number of aromatic nitrogens is 1. The van der Waals surface area contributed by atoms with Crippen LogP contribution < -0.4 is 4.18 Å². The number of rotatable bonds is 5. The molecule has 0 aliphatic rings. The zero-order valence-electron chi connectivity index (χ0n) is 16.1. The average Bonchev–Trinajstić information content (AvgIpc) is 2.74. The Morgan fingerprint density at radius 1 is 0.767 bits per heavy atom. The van der Waals surface area contributed by atoms with Crippen molar-refractivity contribution in [1.29, 1.82) is 0 Å². The number of hydrogen-bond acceptors (Lipinski definition) is 4. The second kappa shape index (κ2) is 8.08. The molecular weight excluding hydrogens is 401 g/mol. The van der Waals surface area contributed by atoms with Gasteiger partial charge in [-0.25, -0.2) is 9.37 Å². The molecule has 0 saturated heterocycles. The molecule has 6 heteroatoms. The molecule has 0 saturated carbocycles. The third-order valence-corrected chi connectivity index (χ3v) is 5.79. The molecule has 150 valence electrons. The van der Waals surface area contributed by atoms with Gasteiger partial charge < -0.3 is 4.18 Å². The van der Waals surface area contributed by atoms with Crippen LogP contribution in [0, 0.1) is 12.7 Å². The SMILES string of the molecule is Cc1ccc(S(=O)(=O)Oc2cc(-c3ccccc3)cc(-c3ccc(F)cc3)n2)cc1. The first-order valence-electron chi connectivity index (χ1n) is 9.25. The van der Waals surface area contributed by atoms with E-state index in [-0.39, 0.29) is 16.6 Å². The van der Waals surface area contributed by atoms with Gasteiger partial charge in [-0.05, 0) is 60.5 Å². The quantitative estimate of drug-likeness (QED) is 0.393. The maximum Gasteiger partial charge on any atom is 0.340 e. The number of halogens is 1. The smallest absolute Gasteiger partial charge is 0.340 e. The minimum atomic E-state index is -4.06. The number of pyridine rings is 1. The van der Waals surface area contributed by atoms with Crippen molar-refractivity contribution in [2.45, 2.75) is 11.8 Å². The van der Waals surface area contributed by atoms with Crippen LogP contribution in [0.5, 0.6) is 5.88 Å². The van der Waals surface area contributed by atoms with Gasteiger partial charge in [0.05, 0.1) is 5.69 Å². The summed E-state index contributed by atoms with van der Waals surface area (Å²) in [6.45, 7) is 1.87. The van der Waals surface area contributed by atoms with Gasteiger partial charge in [0, 0.05) is 11.6 Å². The second-order valence-corrected chi connectivity index (χ2v) is 8.35. The molecule has 4 aromatic rings. The normalized spacial score (nSPS) is 11.3. The van der Waals surface area contributed by atoms with E-state index in [1.807, 2.05) is 43.3 Å². The maximum absolute atomic E-state index is 13.3. The Bertz CT molecular complexity index is 1270. The molecule has 0 bridgehead atoms. The Balaban J connectivity index is 1.79. The largest absolute Gasteiger partial charge is 0.358 e. The summed E-state index contributed by atoms with van der Waals surface area (Å²) in [7, 11) is -4.06. The minimum absolute atomic E-state index is 0.0448. The molecule has 0 atom stereocenters. The summed E-state index contributed by atoms with van der Waals surface area (Å²) >= 11 is 0. The molecule has 1 heterocycles. The van der Waals surface area contributed by atoms with E-state index in [9.17, 15) is 12.8 Å². The van der Waals surface area contributed by atoms with Gasteiger partial charge in [-0.3, -0.25) is 0 Å². The fraction of sp³-hybridized carbons (Fsp3) is 0.0417. The van der Waals surface area contributed by atoms with Crippen LogP contribution in [0.25, 0.3) is 22.4 Å². The zero-order valence-corrected chi connectivity index (χ0v) is 16.9. The Morgan fingerprint density at radius 2 is 1.43 bits per heavy atom. The molecule has 0 fully saturated rings. The van der Waals surface area contributed by atoms with E-state index in [4.69, 9.17) is 4.18 Å². The first-order valence-corrected chi connectivity index (χ1v) is 10.7. The van der Waals surface area contributed by atoms with E-state index in [0.29, 0.717) is 11.3 Å². The Labute approximate surface area is 174 Å². The number of nitrogens with zero attached hydrogens (tertiary/aromatic N) is 1. The van der Waals surface area contributed by atoms with E-state index >= 15 is 0 Å². The van der Waals surface area contributed by atoms with Crippen LogP contribution in [0.15, 0.2) is 95.9 Å². The molecule has 4 nitrogen and oxygen atoms in total. The van der Waals surface area contributed by atoms with Crippen molar-refractivity contribution in [3.63, 3.8) is 0 Å². The molecular formula is C24H18FNO3S. The molecule has 0 spiro atoms. The lowest BCUT2D eigenvalue weighted by Gasteiger charge is -2.11. The molecule has 0 amide bonds. The average molecular weight is 419 g/mol. The number of benzene rings is 3. The van der Waals surface area contributed by atoms with Crippen molar-refractivity contribution in [2.75, 3.05) is 0 Å². The highest BCUT2D eigenvalue weighted by molar-refractivity contribution is 7.87.